The number of halogens is 1. The predicted octanol–water partition coefficient (Wildman–Crippen LogP) is 3.97. The number of hydrogen-bond acceptors (Lipinski definition) is 7. The largest absolute Gasteiger partial charge is 0.497 e. The summed E-state index contributed by atoms with van der Waals surface area (Å²) in [6.45, 7) is 1.80. The van der Waals surface area contributed by atoms with Crippen LogP contribution in [0.1, 0.15) is 29.3 Å². The molecule has 3 heterocycles. The Bertz CT molecular complexity index is 1480. The van der Waals surface area contributed by atoms with E-state index in [9.17, 15) is 9.59 Å². The number of fused-ring (bicyclic) bond motifs is 1. The molecule has 1 atom stereocenters. The number of aromatic nitrogens is 4. The van der Waals surface area contributed by atoms with Crippen LogP contribution in [0.25, 0.3) is 5.78 Å². The van der Waals surface area contributed by atoms with Gasteiger partial charge in [0, 0.05) is 22.7 Å². The monoisotopic (exact) mass is 552 g/mol. The summed E-state index contributed by atoms with van der Waals surface area (Å²) >= 11 is 4.72. The number of ether oxygens (including phenoxy) is 1. The molecular formula is C24H21BrN6O3S. The predicted molar refractivity (Wildman–Crippen MR) is 137 cm³/mol. The maximum absolute atomic E-state index is 13.4. The van der Waals surface area contributed by atoms with E-state index in [1.165, 1.54) is 17.8 Å². The first-order chi connectivity index (χ1) is 16.9. The molecule has 9 nitrogen and oxygen atoms in total. The quantitative estimate of drug-likeness (QED) is 0.363. The molecule has 4 aromatic rings. The molecule has 2 aromatic carbocycles. The first kappa shape index (κ1) is 23.3. The number of benzene rings is 2. The molecule has 0 radical (unpaired) electrons. The summed E-state index contributed by atoms with van der Waals surface area (Å²) in [5.74, 6) is 1.06. The van der Waals surface area contributed by atoms with Crippen molar-refractivity contribution in [1.29, 1.82) is 0 Å². The van der Waals surface area contributed by atoms with Crippen LogP contribution in [-0.2, 0) is 4.79 Å². The SMILES string of the molecule is COc1ccc([C@H]2CC(c3ccc(Br)cc3)=NN2C(=O)CSc2nnc3[nH]c(=O)cc(C)n23)cc1. The highest BCUT2D eigenvalue weighted by Crippen LogP contribution is 2.34. The average Bonchev–Trinajstić information content (AvgIpc) is 3.48. The number of amides is 1. The molecule has 0 saturated carbocycles. The van der Waals surface area contributed by atoms with Crippen molar-refractivity contribution < 1.29 is 9.53 Å². The lowest BCUT2D eigenvalue weighted by Gasteiger charge is -2.22. The smallest absolute Gasteiger partial charge is 0.253 e. The number of nitrogens with one attached hydrogen (secondary N) is 1. The second-order valence-electron chi connectivity index (χ2n) is 7.99. The minimum atomic E-state index is -0.246. The maximum Gasteiger partial charge on any atom is 0.253 e. The van der Waals surface area contributed by atoms with E-state index in [1.807, 2.05) is 48.5 Å². The molecular weight excluding hydrogens is 532 g/mol. The summed E-state index contributed by atoms with van der Waals surface area (Å²) in [5.41, 5.74) is 3.23. The number of aromatic amines is 1. The molecule has 0 bridgehead atoms. The zero-order valence-corrected chi connectivity index (χ0v) is 21.3. The van der Waals surface area contributed by atoms with Gasteiger partial charge in [0.15, 0.2) is 5.16 Å². The van der Waals surface area contributed by atoms with Crippen LogP contribution in [0.5, 0.6) is 5.75 Å². The van der Waals surface area contributed by atoms with E-state index in [-0.39, 0.29) is 23.3 Å². The van der Waals surface area contributed by atoms with Crippen molar-refractivity contribution >= 4 is 45.1 Å². The Morgan fingerprint density at radius 3 is 2.63 bits per heavy atom. The van der Waals surface area contributed by atoms with Crippen LogP contribution in [0.15, 0.2) is 74.1 Å². The lowest BCUT2D eigenvalue weighted by molar-refractivity contribution is -0.130. The van der Waals surface area contributed by atoms with Crippen molar-refractivity contribution in [3.8, 4) is 5.75 Å². The summed E-state index contributed by atoms with van der Waals surface area (Å²) in [6.07, 6.45) is 0.596. The number of hydrazone groups is 1. The number of methoxy groups -OCH3 is 1. The van der Waals surface area contributed by atoms with E-state index in [4.69, 9.17) is 9.84 Å². The van der Waals surface area contributed by atoms with Gasteiger partial charge in [0.25, 0.3) is 11.5 Å². The molecule has 5 rings (SSSR count). The fourth-order valence-electron chi connectivity index (χ4n) is 4.00. The number of nitrogens with zero attached hydrogens (tertiary/aromatic N) is 5. The number of carbonyl (C=O) groups excluding carboxylic acids is 1. The Labute approximate surface area is 213 Å². The van der Waals surface area contributed by atoms with E-state index in [1.54, 1.807) is 23.4 Å². The lowest BCUT2D eigenvalue weighted by atomic mass is 9.98. The Kier molecular flexibility index (Phi) is 6.44. The molecule has 1 N–H and O–H groups in total. The Hall–Kier alpha value is -3.44. The number of thioether (sulfide) groups is 1. The van der Waals surface area contributed by atoms with Crippen molar-refractivity contribution in [3.05, 3.63) is 86.2 Å². The fraction of sp³-hybridized carbons (Fsp3) is 0.208. The zero-order valence-electron chi connectivity index (χ0n) is 18.9. The third kappa shape index (κ3) is 4.73. The van der Waals surface area contributed by atoms with Gasteiger partial charge in [-0.05, 0) is 42.3 Å². The Morgan fingerprint density at radius 2 is 1.91 bits per heavy atom. The highest BCUT2D eigenvalue weighted by molar-refractivity contribution is 9.10. The third-order valence-corrected chi connectivity index (χ3v) is 7.17. The highest BCUT2D eigenvalue weighted by atomic mass is 79.9. The normalized spacial score (nSPS) is 15.5. The summed E-state index contributed by atoms with van der Waals surface area (Å²) in [4.78, 5) is 27.8. The number of aryl methyl sites for hydroxylation is 1. The minimum Gasteiger partial charge on any atom is -0.497 e. The van der Waals surface area contributed by atoms with E-state index in [2.05, 4.69) is 31.1 Å². The molecule has 1 aliphatic rings. The number of H-pyrrole nitrogens is 1. The zero-order chi connectivity index (χ0) is 24.5. The second kappa shape index (κ2) is 9.67. The van der Waals surface area contributed by atoms with E-state index < -0.39 is 0 Å². The maximum atomic E-state index is 13.4. The van der Waals surface area contributed by atoms with Crippen LogP contribution >= 0.6 is 27.7 Å². The van der Waals surface area contributed by atoms with Gasteiger partial charge in [0.1, 0.15) is 5.75 Å². The van der Waals surface area contributed by atoms with Crippen molar-refractivity contribution in [2.45, 2.75) is 24.5 Å². The van der Waals surface area contributed by atoms with Gasteiger partial charge in [-0.1, -0.05) is 52.0 Å². The summed E-state index contributed by atoms with van der Waals surface area (Å²) in [5, 5.41) is 15.0. The van der Waals surface area contributed by atoms with Gasteiger partial charge in [-0.3, -0.25) is 19.0 Å². The van der Waals surface area contributed by atoms with Gasteiger partial charge >= 0.3 is 0 Å². The van der Waals surface area contributed by atoms with Gasteiger partial charge in [0.2, 0.25) is 5.78 Å². The number of carbonyl (C=O) groups is 1. The van der Waals surface area contributed by atoms with Crippen LogP contribution in [-0.4, -0.2) is 49.1 Å². The first-order valence-corrected chi connectivity index (χ1v) is 12.6. The summed E-state index contributed by atoms with van der Waals surface area (Å²) < 4.78 is 7.99. The van der Waals surface area contributed by atoms with E-state index in [0.29, 0.717) is 23.0 Å². The Balaban J connectivity index is 1.42. The molecule has 0 unspecified atom stereocenters. The van der Waals surface area contributed by atoms with Gasteiger partial charge in [-0.25, -0.2) is 5.01 Å². The highest BCUT2D eigenvalue weighted by Gasteiger charge is 2.33. The topological polar surface area (TPSA) is 105 Å². The second-order valence-corrected chi connectivity index (χ2v) is 9.85. The third-order valence-electron chi connectivity index (χ3n) is 5.73. The number of rotatable bonds is 6. The lowest BCUT2D eigenvalue weighted by Crippen LogP contribution is -2.28. The minimum absolute atomic E-state index is 0.114. The Morgan fingerprint density at radius 1 is 1.17 bits per heavy atom. The molecule has 0 aliphatic carbocycles. The molecule has 0 spiro atoms. The van der Waals surface area contributed by atoms with Gasteiger partial charge in [-0.15, -0.1) is 10.2 Å². The van der Waals surface area contributed by atoms with Gasteiger partial charge in [-0.2, -0.15) is 5.10 Å². The van der Waals surface area contributed by atoms with E-state index >= 15 is 0 Å². The van der Waals surface area contributed by atoms with Crippen LogP contribution in [0, 0.1) is 6.92 Å². The van der Waals surface area contributed by atoms with E-state index in [0.717, 1.165) is 27.1 Å². The molecule has 1 aliphatic heterocycles. The standard InChI is InChI=1S/C24H21BrN6O3S/c1-14-11-21(32)26-23-27-28-24(30(14)23)35-13-22(33)31-20(16-5-9-18(34-2)10-6-16)12-19(29-31)15-3-7-17(25)8-4-15/h3-11,20H,12-13H2,1-2H3,(H,26,27,32)/t20-/m1/s1. The van der Waals surface area contributed by atoms with Crippen molar-refractivity contribution in [2.24, 2.45) is 5.10 Å². The van der Waals surface area contributed by atoms with Crippen LogP contribution in [0.3, 0.4) is 0 Å². The van der Waals surface area contributed by atoms with Crippen molar-refractivity contribution in [3.63, 3.8) is 0 Å². The summed E-state index contributed by atoms with van der Waals surface area (Å²) in [6, 6.07) is 16.8. The average molecular weight is 553 g/mol. The molecule has 1 amide bonds. The first-order valence-electron chi connectivity index (χ1n) is 10.8. The molecule has 35 heavy (non-hydrogen) atoms. The van der Waals surface area contributed by atoms with Crippen LogP contribution in [0.2, 0.25) is 0 Å². The molecule has 2 aromatic heterocycles. The fourth-order valence-corrected chi connectivity index (χ4v) is 5.11. The van der Waals surface area contributed by atoms with Gasteiger partial charge < -0.3 is 4.74 Å². The van der Waals surface area contributed by atoms with Crippen molar-refractivity contribution in [1.82, 2.24) is 24.6 Å². The van der Waals surface area contributed by atoms with Crippen molar-refractivity contribution in [2.75, 3.05) is 12.9 Å². The summed E-state index contributed by atoms with van der Waals surface area (Å²) in [7, 11) is 1.62. The van der Waals surface area contributed by atoms with Crippen LogP contribution in [0.4, 0.5) is 0 Å². The molecule has 0 fully saturated rings. The number of hydrogen-bond donors (Lipinski definition) is 1. The van der Waals surface area contributed by atoms with Gasteiger partial charge in [0.05, 0.1) is 24.6 Å². The molecule has 178 valence electrons. The molecule has 11 heteroatoms. The molecule has 0 saturated heterocycles. The van der Waals surface area contributed by atoms with Crippen LogP contribution < -0.4 is 10.3 Å².